The summed E-state index contributed by atoms with van der Waals surface area (Å²) in [5.74, 6) is 2.19. The zero-order chi connectivity index (χ0) is 45.0. The van der Waals surface area contributed by atoms with Crippen molar-refractivity contribution in [1.29, 1.82) is 0 Å². The largest absolute Gasteiger partial charge is 0.0776 e. The highest BCUT2D eigenvalue weighted by atomic mass is 28.3. The van der Waals surface area contributed by atoms with Crippen molar-refractivity contribution in [3.63, 3.8) is 0 Å². The number of hydrogen-bond donors (Lipinski definition) is 0. The Morgan fingerprint density at radius 2 is 0.770 bits per heavy atom. The van der Waals surface area contributed by atoms with Crippen molar-refractivity contribution in [1.82, 2.24) is 0 Å². The highest BCUT2D eigenvalue weighted by molar-refractivity contribution is 6.92. The molecule has 0 aliphatic heterocycles. The molecular weight excluding hydrogens is 813 g/mol. The fourth-order valence-electron chi connectivity index (χ4n) is 10.4. The molecule has 2 unspecified atom stereocenters. The summed E-state index contributed by atoms with van der Waals surface area (Å²) in [6.07, 6.45) is 10.0. The Balaban J connectivity index is 1.41. The lowest BCUT2D eigenvalue weighted by atomic mass is 9.87. The van der Waals surface area contributed by atoms with E-state index in [4.69, 9.17) is 0 Å². The molecule has 0 bridgehead atoms. The number of allylic oxidation sites excluding steroid dienone is 2. The third-order valence-electron chi connectivity index (χ3n) is 14.2. The first-order valence-corrected chi connectivity index (χ1v) is 40.4. The van der Waals surface area contributed by atoms with Crippen molar-refractivity contribution in [3.8, 4) is 22.3 Å². The number of fused-ring (bicyclic) bond motifs is 2. The maximum atomic E-state index is 2.69. The summed E-state index contributed by atoms with van der Waals surface area (Å²) >= 11 is 0. The van der Waals surface area contributed by atoms with Crippen LogP contribution in [-0.4, -0.2) is 41.8 Å². The van der Waals surface area contributed by atoms with Crippen LogP contribution in [0.25, 0.3) is 34.4 Å². The Morgan fingerprint density at radius 3 is 1.03 bits per heavy atom. The molecule has 2 aliphatic carbocycles. The molecule has 328 valence electrons. The molecule has 0 spiro atoms. The SMILES string of the molecule is CCCc1ccc2c(c1-c1cc([Si](C)(C)C)cc([Si](C)(C)C)c1)C=C(C(C)C)C2C[SiH2]CC1C(C(C)C)=Cc2c1ccc(CCC)c2-c1cc([Si](C)(C)C)cc([Si](C)(C)C)c1. The summed E-state index contributed by atoms with van der Waals surface area (Å²) in [5.41, 5.74) is 18.9. The average Bonchev–Trinajstić information content (AvgIpc) is 3.72. The van der Waals surface area contributed by atoms with Crippen LogP contribution in [0.1, 0.15) is 99.6 Å². The van der Waals surface area contributed by atoms with Crippen LogP contribution in [0.15, 0.2) is 71.8 Å². The van der Waals surface area contributed by atoms with Gasteiger partial charge in [0.1, 0.15) is 0 Å². The minimum Gasteiger partial charge on any atom is -0.0656 e. The van der Waals surface area contributed by atoms with Gasteiger partial charge in [-0.25, -0.2) is 0 Å². The van der Waals surface area contributed by atoms with Crippen molar-refractivity contribution in [2.24, 2.45) is 11.8 Å². The van der Waals surface area contributed by atoms with Gasteiger partial charge in [0.15, 0.2) is 0 Å². The first-order valence-electron chi connectivity index (χ1n) is 24.4. The molecule has 4 aromatic carbocycles. The molecule has 0 fully saturated rings. The lowest BCUT2D eigenvalue weighted by Gasteiger charge is -2.26. The standard InChI is InChI=1S/C56H84Si5/c1-19-21-39-23-25-47-51(55(39)41-27-43(58(7,8)9)31-44(28-41)59(10,11)12)33-49(37(3)4)53(47)35-57-36-54-48-26-24-40(22-20-2)56(52(48)34-50(54)38(5)6)42-29-45(60(13,14)15)32-46(30-42)61(16,17)18/h23-34,37-38,53-54H,19-22,35-36,57H2,1-18H3. The van der Waals surface area contributed by atoms with E-state index in [1.165, 1.54) is 36.1 Å². The van der Waals surface area contributed by atoms with Crippen LogP contribution < -0.4 is 20.7 Å². The molecular formula is C56H84Si5. The zero-order valence-electron chi connectivity index (χ0n) is 42.2. The van der Waals surface area contributed by atoms with Crippen LogP contribution in [0.3, 0.4) is 0 Å². The van der Waals surface area contributed by atoms with E-state index in [1.807, 2.05) is 0 Å². The molecule has 0 aromatic heterocycles. The molecule has 0 N–H and O–H groups in total. The summed E-state index contributed by atoms with van der Waals surface area (Å²) in [7, 11) is -6.50. The highest BCUT2D eigenvalue weighted by Gasteiger charge is 2.34. The topological polar surface area (TPSA) is 0 Å². The van der Waals surface area contributed by atoms with Crippen molar-refractivity contribution >= 4 is 74.7 Å². The fraction of sp³-hybridized carbons (Fsp3) is 0.500. The summed E-state index contributed by atoms with van der Waals surface area (Å²) < 4.78 is 0. The van der Waals surface area contributed by atoms with E-state index < -0.39 is 41.8 Å². The lowest BCUT2D eigenvalue weighted by molar-refractivity contribution is 0.686. The molecule has 0 saturated carbocycles. The van der Waals surface area contributed by atoms with Gasteiger partial charge in [-0.15, -0.1) is 0 Å². The molecule has 61 heavy (non-hydrogen) atoms. The van der Waals surface area contributed by atoms with Crippen molar-refractivity contribution in [3.05, 3.63) is 105 Å². The average molecular weight is 898 g/mol. The van der Waals surface area contributed by atoms with Crippen LogP contribution >= 0.6 is 0 Å². The summed E-state index contributed by atoms with van der Waals surface area (Å²) in [6, 6.07) is 28.7. The van der Waals surface area contributed by atoms with Gasteiger partial charge in [-0.05, 0) is 80.3 Å². The molecule has 0 amide bonds. The second-order valence-electron chi connectivity index (χ2n) is 23.9. The minimum atomic E-state index is -1.52. The van der Waals surface area contributed by atoms with Gasteiger partial charge in [-0.1, -0.05) is 250 Å². The molecule has 5 heteroatoms. The first-order chi connectivity index (χ1) is 28.3. The zero-order valence-corrected chi connectivity index (χ0v) is 47.6. The molecule has 0 heterocycles. The minimum absolute atomic E-state index is 0.403. The van der Waals surface area contributed by atoms with Crippen LogP contribution in [0.2, 0.25) is 90.7 Å². The van der Waals surface area contributed by atoms with Gasteiger partial charge in [-0.3, -0.25) is 0 Å². The Hall–Kier alpha value is -2.56. The maximum absolute atomic E-state index is 2.69. The number of rotatable bonds is 16. The summed E-state index contributed by atoms with van der Waals surface area (Å²) in [4.78, 5) is 0. The maximum Gasteiger partial charge on any atom is 0.0776 e. The van der Waals surface area contributed by atoms with E-state index in [0.717, 1.165) is 12.8 Å². The normalized spacial score (nSPS) is 17.2. The highest BCUT2D eigenvalue weighted by Crippen LogP contribution is 2.50. The second kappa shape index (κ2) is 18.1. The second-order valence-corrected chi connectivity index (χ2v) is 46.1. The molecule has 2 atom stereocenters. The van der Waals surface area contributed by atoms with Gasteiger partial charge >= 0.3 is 0 Å². The third-order valence-corrected chi connectivity index (χ3v) is 24.2. The first kappa shape index (κ1) is 47.9. The molecule has 6 rings (SSSR count). The van der Waals surface area contributed by atoms with Crippen molar-refractivity contribution in [2.45, 2.75) is 170 Å². The van der Waals surface area contributed by atoms with Crippen molar-refractivity contribution in [2.75, 3.05) is 0 Å². The van der Waals surface area contributed by atoms with E-state index in [1.54, 1.807) is 76.4 Å². The molecule has 0 nitrogen and oxygen atoms in total. The van der Waals surface area contributed by atoms with Gasteiger partial charge in [0.25, 0.3) is 0 Å². The number of aryl methyl sites for hydroxylation is 2. The molecule has 2 aliphatic rings. The van der Waals surface area contributed by atoms with Gasteiger partial charge in [0.05, 0.1) is 32.3 Å². The Kier molecular flexibility index (Phi) is 14.2. The van der Waals surface area contributed by atoms with Crippen LogP contribution in [0.4, 0.5) is 0 Å². The summed E-state index contributed by atoms with van der Waals surface area (Å²) in [6.45, 7) is 44.9. The number of hydrogen-bond acceptors (Lipinski definition) is 0. The Labute approximate surface area is 381 Å². The predicted molar refractivity (Wildman–Crippen MR) is 293 cm³/mol. The van der Waals surface area contributed by atoms with E-state index in [0.29, 0.717) is 23.7 Å². The van der Waals surface area contributed by atoms with Gasteiger partial charge < -0.3 is 0 Å². The van der Waals surface area contributed by atoms with E-state index >= 15 is 0 Å². The van der Waals surface area contributed by atoms with E-state index in [2.05, 4.69) is 193 Å². The Bertz CT molecular complexity index is 2080. The third kappa shape index (κ3) is 10.2. The van der Waals surface area contributed by atoms with E-state index in [-0.39, 0.29) is 0 Å². The van der Waals surface area contributed by atoms with Crippen LogP contribution in [-0.2, 0) is 12.8 Å². The quantitative estimate of drug-likeness (QED) is 0.0983. The van der Waals surface area contributed by atoms with Gasteiger partial charge in [-0.2, -0.15) is 0 Å². The summed E-state index contributed by atoms with van der Waals surface area (Å²) in [5, 5.41) is 6.48. The van der Waals surface area contributed by atoms with Gasteiger partial charge in [0, 0.05) is 21.4 Å². The smallest absolute Gasteiger partial charge is 0.0656 e. The molecule has 4 aromatic rings. The molecule has 0 saturated heterocycles. The van der Waals surface area contributed by atoms with Crippen LogP contribution in [0.5, 0.6) is 0 Å². The predicted octanol–water partition coefficient (Wildman–Crippen LogP) is 14.1. The molecule has 0 radical (unpaired) electrons. The van der Waals surface area contributed by atoms with E-state index in [9.17, 15) is 0 Å². The van der Waals surface area contributed by atoms with Gasteiger partial charge in [0.2, 0.25) is 0 Å². The Morgan fingerprint density at radius 1 is 0.459 bits per heavy atom. The monoisotopic (exact) mass is 897 g/mol. The fourth-order valence-corrected chi connectivity index (χ4v) is 17.7. The van der Waals surface area contributed by atoms with Crippen LogP contribution in [0, 0.1) is 11.8 Å². The lowest BCUT2D eigenvalue weighted by Crippen LogP contribution is -2.45. The number of benzene rings is 4. The van der Waals surface area contributed by atoms with Crippen molar-refractivity contribution < 1.29 is 0 Å².